The number of rotatable bonds is 3. The van der Waals surface area contributed by atoms with Gasteiger partial charge in [0.15, 0.2) is 0 Å². The van der Waals surface area contributed by atoms with E-state index in [0.29, 0.717) is 0 Å². The highest BCUT2D eigenvalue weighted by Crippen LogP contribution is 2.22. The fraction of sp³-hybridized carbons (Fsp3) is 0.533. The lowest BCUT2D eigenvalue weighted by Crippen LogP contribution is -2.38. The summed E-state index contributed by atoms with van der Waals surface area (Å²) in [5, 5.41) is 0. The number of amides is 1. The van der Waals surface area contributed by atoms with E-state index >= 15 is 0 Å². The number of hydrogen-bond donors (Lipinski definition) is 0. The van der Waals surface area contributed by atoms with Crippen molar-refractivity contribution in [2.24, 2.45) is 0 Å². The molecular formula is C15H20N2O. The number of nitrogens with zero attached hydrogens (tertiary/aromatic N) is 2. The smallest absolute Gasteiger partial charge is 0.254 e. The van der Waals surface area contributed by atoms with Crippen LogP contribution in [0.15, 0.2) is 24.3 Å². The van der Waals surface area contributed by atoms with Gasteiger partial charge in [0, 0.05) is 25.2 Å². The predicted molar refractivity (Wildman–Crippen MR) is 71.5 cm³/mol. The van der Waals surface area contributed by atoms with Gasteiger partial charge in [-0.15, -0.1) is 0 Å². The molecule has 0 aliphatic carbocycles. The van der Waals surface area contributed by atoms with Crippen molar-refractivity contribution in [3.8, 4) is 0 Å². The Morgan fingerprint density at radius 2 is 1.78 bits per heavy atom. The summed E-state index contributed by atoms with van der Waals surface area (Å²) in [6.45, 7) is 5.10. The Morgan fingerprint density at radius 1 is 1.00 bits per heavy atom. The second-order valence-corrected chi connectivity index (χ2v) is 5.29. The van der Waals surface area contributed by atoms with Gasteiger partial charge in [0.05, 0.1) is 0 Å². The van der Waals surface area contributed by atoms with Gasteiger partial charge in [-0.25, -0.2) is 0 Å². The Kier molecular flexibility index (Phi) is 3.33. The first kappa shape index (κ1) is 11.7. The Morgan fingerprint density at radius 3 is 2.56 bits per heavy atom. The van der Waals surface area contributed by atoms with Crippen molar-refractivity contribution < 1.29 is 4.79 Å². The van der Waals surface area contributed by atoms with E-state index < -0.39 is 0 Å². The highest BCUT2D eigenvalue weighted by atomic mass is 16.2. The van der Waals surface area contributed by atoms with E-state index in [1.54, 1.807) is 0 Å². The van der Waals surface area contributed by atoms with Crippen LogP contribution in [-0.4, -0.2) is 41.9 Å². The molecule has 2 aliphatic rings. The van der Waals surface area contributed by atoms with Crippen molar-refractivity contribution in [1.29, 1.82) is 0 Å². The molecule has 3 nitrogen and oxygen atoms in total. The maximum absolute atomic E-state index is 12.2. The van der Waals surface area contributed by atoms with Crippen LogP contribution in [0.3, 0.4) is 0 Å². The standard InChI is InChI=1S/C15H20N2O/c18-15-14-7-3-2-6-13(14)12-17(15)11-10-16-8-4-1-5-9-16/h2-3,6-7H,1,4-5,8-12H2. The molecule has 0 aromatic heterocycles. The molecule has 0 bridgehead atoms. The van der Waals surface area contributed by atoms with Crippen LogP contribution < -0.4 is 0 Å². The van der Waals surface area contributed by atoms with Crippen LogP contribution in [0.5, 0.6) is 0 Å². The highest BCUT2D eigenvalue weighted by molar-refractivity contribution is 5.98. The molecule has 0 unspecified atom stereocenters. The third-order valence-electron chi connectivity index (χ3n) is 4.03. The molecule has 2 aliphatic heterocycles. The fourth-order valence-electron chi connectivity index (χ4n) is 2.94. The summed E-state index contributed by atoms with van der Waals surface area (Å²) in [6, 6.07) is 7.97. The number of hydrogen-bond acceptors (Lipinski definition) is 2. The molecule has 96 valence electrons. The summed E-state index contributed by atoms with van der Waals surface area (Å²) in [4.78, 5) is 16.6. The van der Waals surface area contributed by atoms with Gasteiger partial charge in [-0.3, -0.25) is 4.79 Å². The molecule has 18 heavy (non-hydrogen) atoms. The molecule has 0 radical (unpaired) electrons. The first-order valence-corrected chi connectivity index (χ1v) is 6.94. The van der Waals surface area contributed by atoms with Crippen LogP contribution in [0.4, 0.5) is 0 Å². The number of likely N-dealkylation sites (tertiary alicyclic amines) is 1. The van der Waals surface area contributed by atoms with E-state index in [-0.39, 0.29) is 5.91 Å². The maximum Gasteiger partial charge on any atom is 0.254 e. The lowest BCUT2D eigenvalue weighted by Gasteiger charge is -2.28. The van der Waals surface area contributed by atoms with Crippen LogP contribution in [0, 0.1) is 0 Å². The maximum atomic E-state index is 12.2. The van der Waals surface area contributed by atoms with Crippen molar-refractivity contribution in [1.82, 2.24) is 9.80 Å². The van der Waals surface area contributed by atoms with Gasteiger partial charge in [0.25, 0.3) is 5.91 Å². The van der Waals surface area contributed by atoms with Crippen LogP contribution >= 0.6 is 0 Å². The van der Waals surface area contributed by atoms with E-state index in [2.05, 4.69) is 11.0 Å². The minimum Gasteiger partial charge on any atom is -0.333 e. The molecule has 3 rings (SSSR count). The van der Waals surface area contributed by atoms with Crippen molar-refractivity contribution >= 4 is 5.91 Å². The van der Waals surface area contributed by atoms with Gasteiger partial charge in [-0.1, -0.05) is 24.6 Å². The van der Waals surface area contributed by atoms with Crippen LogP contribution in [0.1, 0.15) is 35.2 Å². The SMILES string of the molecule is O=C1c2ccccc2CN1CCN1CCCCC1. The van der Waals surface area contributed by atoms with E-state index in [9.17, 15) is 4.79 Å². The van der Waals surface area contributed by atoms with Gasteiger partial charge in [0.2, 0.25) is 0 Å². The minimum atomic E-state index is 0.211. The molecule has 1 saturated heterocycles. The Balaban J connectivity index is 1.57. The highest BCUT2D eigenvalue weighted by Gasteiger charge is 2.26. The molecule has 0 spiro atoms. The van der Waals surface area contributed by atoms with E-state index in [0.717, 1.165) is 25.2 Å². The molecule has 2 heterocycles. The van der Waals surface area contributed by atoms with Crippen molar-refractivity contribution in [3.63, 3.8) is 0 Å². The van der Waals surface area contributed by atoms with E-state index in [4.69, 9.17) is 0 Å². The number of piperidine rings is 1. The normalized spacial score (nSPS) is 20.2. The molecular weight excluding hydrogens is 224 g/mol. The van der Waals surface area contributed by atoms with Gasteiger partial charge in [-0.05, 0) is 37.6 Å². The molecule has 1 aromatic carbocycles. The Bertz CT molecular complexity index is 438. The van der Waals surface area contributed by atoms with E-state index in [1.165, 1.54) is 37.9 Å². The van der Waals surface area contributed by atoms with Gasteiger partial charge < -0.3 is 9.80 Å². The summed E-state index contributed by atoms with van der Waals surface area (Å²) in [5.41, 5.74) is 2.08. The zero-order valence-corrected chi connectivity index (χ0v) is 10.8. The van der Waals surface area contributed by atoms with Gasteiger partial charge in [-0.2, -0.15) is 0 Å². The zero-order chi connectivity index (χ0) is 12.4. The quantitative estimate of drug-likeness (QED) is 0.813. The molecule has 0 saturated carbocycles. The fourth-order valence-corrected chi connectivity index (χ4v) is 2.94. The van der Waals surface area contributed by atoms with Crippen molar-refractivity contribution in [2.45, 2.75) is 25.8 Å². The average Bonchev–Trinajstić information content (AvgIpc) is 2.75. The number of benzene rings is 1. The molecule has 0 atom stereocenters. The molecule has 0 N–H and O–H groups in total. The second kappa shape index (κ2) is 5.11. The third kappa shape index (κ3) is 2.27. The number of carbonyl (C=O) groups excluding carboxylic acids is 1. The lowest BCUT2D eigenvalue weighted by molar-refractivity contribution is 0.0752. The average molecular weight is 244 g/mol. The van der Waals surface area contributed by atoms with Crippen LogP contribution in [0.2, 0.25) is 0 Å². The molecule has 1 amide bonds. The lowest BCUT2D eigenvalue weighted by atomic mass is 10.1. The monoisotopic (exact) mass is 244 g/mol. The largest absolute Gasteiger partial charge is 0.333 e. The number of carbonyl (C=O) groups is 1. The molecule has 1 fully saturated rings. The van der Waals surface area contributed by atoms with Gasteiger partial charge in [0.1, 0.15) is 0 Å². The number of fused-ring (bicyclic) bond motifs is 1. The summed E-state index contributed by atoms with van der Waals surface area (Å²) in [5.74, 6) is 0.211. The zero-order valence-electron chi connectivity index (χ0n) is 10.8. The second-order valence-electron chi connectivity index (χ2n) is 5.29. The van der Waals surface area contributed by atoms with Crippen molar-refractivity contribution in [2.75, 3.05) is 26.2 Å². The first-order valence-electron chi connectivity index (χ1n) is 6.94. The topological polar surface area (TPSA) is 23.6 Å². The Hall–Kier alpha value is -1.35. The predicted octanol–water partition coefficient (Wildman–Crippen LogP) is 2.13. The summed E-state index contributed by atoms with van der Waals surface area (Å²) >= 11 is 0. The summed E-state index contributed by atoms with van der Waals surface area (Å²) < 4.78 is 0. The van der Waals surface area contributed by atoms with Gasteiger partial charge >= 0.3 is 0 Å². The Labute approximate surface area is 108 Å². The van der Waals surface area contributed by atoms with Crippen LogP contribution in [0.25, 0.3) is 0 Å². The van der Waals surface area contributed by atoms with E-state index in [1.807, 2.05) is 23.1 Å². The third-order valence-corrected chi connectivity index (χ3v) is 4.03. The van der Waals surface area contributed by atoms with Crippen LogP contribution in [-0.2, 0) is 6.54 Å². The molecule has 3 heteroatoms. The first-order chi connectivity index (χ1) is 8.84. The molecule has 1 aromatic rings. The minimum absolute atomic E-state index is 0.211. The summed E-state index contributed by atoms with van der Waals surface area (Å²) in [6.07, 6.45) is 3.99. The summed E-state index contributed by atoms with van der Waals surface area (Å²) in [7, 11) is 0. The van der Waals surface area contributed by atoms with Crippen molar-refractivity contribution in [3.05, 3.63) is 35.4 Å².